The van der Waals surface area contributed by atoms with Crippen LogP contribution in [0.2, 0.25) is 0 Å². The molecule has 0 radical (unpaired) electrons. The maximum atomic E-state index is 11.4. The Morgan fingerprint density at radius 2 is 1.73 bits per heavy atom. The van der Waals surface area contributed by atoms with Gasteiger partial charge in [0, 0.05) is 18.2 Å². The molecule has 0 spiro atoms. The molecule has 0 aliphatic carbocycles. The van der Waals surface area contributed by atoms with Gasteiger partial charge in [0.25, 0.3) is 0 Å². The van der Waals surface area contributed by atoms with Gasteiger partial charge in [-0.15, -0.1) is 0 Å². The van der Waals surface area contributed by atoms with Crippen molar-refractivity contribution in [2.24, 2.45) is 5.10 Å². The first kappa shape index (κ1) is 13.6. The fourth-order valence-electron chi connectivity index (χ4n) is 0.908. The summed E-state index contributed by atoms with van der Waals surface area (Å²) >= 11 is 0. The fourth-order valence-corrected chi connectivity index (χ4v) is 0.908. The Morgan fingerprint density at radius 3 is 2.13 bits per heavy atom. The van der Waals surface area contributed by atoms with Crippen molar-refractivity contribution >= 4 is 17.5 Å². The first-order valence-electron chi connectivity index (χ1n) is 4.81. The largest absolute Gasteiger partial charge is 0.351 e. The average molecular weight is 213 g/mol. The Labute approximate surface area is 90.3 Å². The first-order valence-corrected chi connectivity index (χ1v) is 4.81. The zero-order chi connectivity index (χ0) is 12.1. The molecular formula is C10H19N3O2. The van der Waals surface area contributed by atoms with E-state index in [4.69, 9.17) is 0 Å². The summed E-state index contributed by atoms with van der Waals surface area (Å²) in [5.74, 6) is -0.348. The summed E-state index contributed by atoms with van der Waals surface area (Å²) in [4.78, 5) is 22.0. The molecule has 0 rings (SSSR count). The predicted octanol–water partition coefficient (Wildman–Crippen LogP) is 0.803. The summed E-state index contributed by atoms with van der Waals surface area (Å²) in [6, 6.07) is 0. The Hall–Kier alpha value is -1.39. The van der Waals surface area contributed by atoms with Crippen LogP contribution < -0.4 is 10.7 Å². The van der Waals surface area contributed by atoms with Crippen molar-refractivity contribution in [3.8, 4) is 0 Å². The lowest BCUT2D eigenvalue weighted by atomic mass is 10.1. The van der Waals surface area contributed by atoms with Crippen LogP contribution in [0.1, 0.15) is 41.0 Å². The third-order valence-corrected chi connectivity index (χ3v) is 1.34. The number of carbonyl (C=O) groups is 2. The van der Waals surface area contributed by atoms with E-state index in [2.05, 4.69) is 15.8 Å². The van der Waals surface area contributed by atoms with E-state index < -0.39 is 0 Å². The molecule has 0 saturated carbocycles. The highest BCUT2D eigenvalue weighted by molar-refractivity contribution is 6.00. The maximum Gasteiger partial charge on any atom is 0.236 e. The van der Waals surface area contributed by atoms with Gasteiger partial charge in [-0.1, -0.05) is 0 Å². The molecule has 0 fully saturated rings. The molecule has 0 aliphatic heterocycles. The smallest absolute Gasteiger partial charge is 0.236 e. The number of hydrazone groups is 1. The lowest BCUT2D eigenvalue weighted by Crippen LogP contribution is -2.41. The molecule has 2 N–H and O–H groups in total. The van der Waals surface area contributed by atoms with Crippen molar-refractivity contribution in [3.05, 3.63) is 0 Å². The van der Waals surface area contributed by atoms with Crippen LogP contribution in [-0.4, -0.2) is 23.1 Å². The molecule has 86 valence electrons. The molecule has 0 saturated heterocycles. The molecule has 0 aliphatic rings. The van der Waals surface area contributed by atoms with Gasteiger partial charge >= 0.3 is 0 Å². The number of hydrogen-bond acceptors (Lipinski definition) is 3. The minimum absolute atomic E-state index is 0.103. The monoisotopic (exact) mass is 213 g/mol. The van der Waals surface area contributed by atoms with Crippen LogP contribution in [0.15, 0.2) is 5.10 Å². The average Bonchev–Trinajstić information content (AvgIpc) is 1.96. The highest BCUT2D eigenvalue weighted by atomic mass is 16.2. The van der Waals surface area contributed by atoms with Gasteiger partial charge in [0.15, 0.2) is 0 Å². The summed E-state index contributed by atoms with van der Waals surface area (Å²) in [7, 11) is 0. The van der Waals surface area contributed by atoms with Gasteiger partial charge < -0.3 is 5.32 Å². The predicted molar refractivity (Wildman–Crippen MR) is 59.4 cm³/mol. The number of nitrogens with one attached hydrogen (secondary N) is 2. The lowest BCUT2D eigenvalue weighted by molar-refractivity contribution is -0.121. The van der Waals surface area contributed by atoms with Crippen LogP contribution in [0.3, 0.4) is 0 Å². The van der Waals surface area contributed by atoms with Crippen molar-refractivity contribution in [3.63, 3.8) is 0 Å². The summed E-state index contributed by atoms with van der Waals surface area (Å²) < 4.78 is 0. The number of nitrogens with zero attached hydrogens (tertiary/aromatic N) is 1. The maximum absolute atomic E-state index is 11.4. The highest BCUT2D eigenvalue weighted by Gasteiger charge is 2.13. The van der Waals surface area contributed by atoms with Crippen LogP contribution in [0.4, 0.5) is 0 Å². The summed E-state index contributed by atoms with van der Waals surface area (Å²) in [5, 5.41) is 6.56. The van der Waals surface area contributed by atoms with E-state index >= 15 is 0 Å². The Bertz CT molecular complexity index is 277. The van der Waals surface area contributed by atoms with Crippen LogP contribution in [0, 0.1) is 0 Å². The summed E-state index contributed by atoms with van der Waals surface area (Å²) in [6.07, 6.45) is 0.192. The molecule has 0 aromatic carbocycles. The van der Waals surface area contributed by atoms with E-state index in [1.54, 1.807) is 6.92 Å². The van der Waals surface area contributed by atoms with E-state index in [1.807, 2.05) is 20.8 Å². The van der Waals surface area contributed by atoms with Gasteiger partial charge in [-0.3, -0.25) is 9.59 Å². The van der Waals surface area contributed by atoms with Gasteiger partial charge in [-0.05, 0) is 27.7 Å². The van der Waals surface area contributed by atoms with Gasteiger partial charge in [-0.25, -0.2) is 5.43 Å². The Kier molecular flexibility index (Phi) is 4.97. The van der Waals surface area contributed by atoms with Crippen LogP contribution >= 0.6 is 0 Å². The topological polar surface area (TPSA) is 70.6 Å². The first-order chi connectivity index (χ1) is 6.70. The number of hydrogen-bond donors (Lipinski definition) is 2. The molecular weight excluding hydrogens is 194 g/mol. The van der Waals surface area contributed by atoms with Gasteiger partial charge in [0.05, 0.1) is 6.42 Å². The molecule has 2 amide bonds. The number of rotatable bonds is 3. The van der Waals surface area contributed by atoms with E-state index in [9.17, 15) is 9.59 Å². The minimum Gasteiger partial charge on any atom is -0.351 e. The normalized spacial score (nSPS) is 12.2. The Balaban J connectivity index is 4.07. The molecule has 5 heteroatoms. The molecule has 15 heavy (non-hydrogen) atoms. The molecule has 0 heterocycles. The van der Waals surface area contributed by atoms with E-state index in [-0.39, 0.29) is 23.8 Å². The van der Waals surface area contributed by atoms with Gasteiger partial charge in [-0.2, -0.15) is 5.10 Å². The second-order valence-electron chi connectivity index (χ2n) is 4.49. The second kappa shape index (κ2) is 5.48. The standard InChI is InChI=1S/C10H19N3O2/c1-7(12-13-8(2)14)6-9(15)11-10(3,4)5/h6H2,1-5H3,(H,11,15)(H,13,14)/b12-7-. The van der Waals surface area contributed by atoms with Gasteiger partial charge in [0.1, 0.15) is 0 Å². The lowest BCUT2D eigenvalue weighted by Gasteiger charge is -2.20. The van der Waals surface area contributed by atoms with E-state index in [0.717, 1.165) is 0 Å². The molecule has 0 aromatic rings. The second-order valence-corrected chi connectivity index (χ2v) is 4.49. The van der Waals surface area contributed by atoms with E-state index in [0.29, 0.717) is 5.71 Å². The quantitative estimate of drug-likeness (QED) is 0.538. The van der Waals surface area contributed by atoms with Crippen molar-refractivity contribution in [1.82, 2.24) is 10.7 Å². The zero-order valence-corrected chi connectivity index (χ0v) is 9.97. The van der Waals surface area contributed by atoms with Crippen molar-refractivity contribution in [2.75, 3.05) is 0 Å². The van der Waals surface area contributed by atoms with Crippen LogP contribution in [0.5, 0.6) is 0 Å². The van der Waals surface area contributed by atoms with Crippen LogP contribution in [0.25, 0.3) is 0 Å². The number of amides is 2. The van der Waals surface area contributed by atoms with Crippen molar-refractivity contribution in [2.45, 2.75) is 46.6 Å². The highest BCUT2D eigenvalue weighted by Crippen LogP contribution is 1.99. The Morgan fingerprint density at radius 1 is 1.20 bits per heavy atom. The number of carbonyl (C=O) groups excluding carboxylic acids is 2. The van der Waals surface area contributed by atoms with E-state index in [1.165, 1.54) is 6.92 Å². The summed E-state index contributed by atoms with van der Waals surface area (Å²) in [6.45, 7) is 8.78. The third-order valence-electron chi connectivity index (χ3n) is 1.34. The van der Waals surface area contributed by atoms with Crippen molar-refractivity contribution in [1.29, 1.82) is 0 Å². The van der Waals surface area contributed by atoms with Gasteiger partial charge in [0.2, 0.25) is 11.8 Å². The molecule has 0 atom stereocenters. The molecule has 0 unspecified atom stereocenters. The SMILES string of the molecule is CC(=O)N/N=C(/C)CC(=O)NC(C)(C)C. The fraction of sp³-hybridized carbons (Fsp3) is 0.700. The summed E-state index contributed by atoms with van der Waals surface area (Å²) in [5.41, 5.74) is 2.61. The van der Waals surface area contributed by atoms with Crippen molar-refractivity contribution < 1.29 is 9.59 Å². The van der Waals surface area contributed by atoms with Crippen LogP contribution in [-0.2, 0) is 9.59 Å². The zero-order valence-electron chi connectivity index (χ0n) is 9.97. The minimum atomic E-state index is -0.245. The molecule has 0 bridgehead atoms. The molecule has 5 nitrogen and oxygen atoms in total. The molecule has 0 aromatic heterocycles. The third kappa shape index (κ3) is 8.93.